The molecule has 4 aromatic rings. The highest BCUT2D eigenvalue weighted by atomic mass is 31.1. The minimum Gasteiger partial charge on any atom is -0.0622 e. The van der Waals surface area contributed by atoms with E-state index in [2.05, 4.69) is 121 Å². The maximum Gasteiger partial charge on any atom is -0.0195 e. The van der Waals surface area contributed by atoms with Crippen molar-refractivity contribution in [1.82, 2.24) is 0 Å². The highest BCUT2D eigenvalue weighted by molar-refractivity contribution is 7.73. The Morgan fingerprint density at radius 1 is 0.389 bits per heavy atom. The molecule has 182 valence electrons. The summed E-state index contributed by atoms with van der Waals surface area (Å²) in [6, 6.07) is 45.4. The largest absolute Gasteiger partial charge is 0.0622 e. The van der Waals surface area contributed by atoms with E-state index >= 15 is 0 Å². The number of hydrogen-bond acceptors (Lipinski definition) is 0. The lowest BCUT2D eigenvalue weighted by molar-refractivity contribution is 0.344. The van der Waals surface area contributed by atoms with Crippen LogP contribution in [0.15, 0.2) is 121 Å². The Hall–Kier alpha value is -2.26. The fraction of sp³-hybridized carbons (Fsp3) is 0.294. The van der Waals surface area contributed by atoms with E-state index in [9.17, 15) is 0 Å². The zero-order chi connectivity index (χ0) is 24.2. The van der Waals surface area contributed by atoms with Gasteiger partial charge in [-0.1, -0.05) is 121 Å². The van der Waals surface area contributed by atoms with Gasteiger partial charge in [-0.05, 0) is 98.7 Å². The standard InChI is InChI=1S/C34H36P2/c1-5-13-29(14-6-1)35(30-15-7-2-8-16-30)25-27-21-23-34-28(22-24-33(27)34)26-36(31-17-9-3-10-18-31)32-19-11-4-12-20-32/h1-20,27-28,33-34H,21-26H2. The van der Waals surface area contributed by atoms with E-state index in [0.717, 1.165) is 23.7 Å². The van der Waals surface area contributed by atoms with Gasteiger partial charge in [0.15, 0.2) is 0 Å². The van der Waals surface area contributed by atoms with Gasteiger partial charge in [-0.25, -0.2) is 0 Å². The van der Waals surface area contributed by atoms with E-state index < -0.39 is 0 Å². The number of hydrogen-bond donors (Lipinski definition) is 0. The molecule has 0 saturated heterocycles. The summed E-state index contributed by atoms with van der Waals surface area (Å²) in [5.74, 6) is 3.61. The summed E-state index contributed by atoms with van der Waals surface area (Å²) in [6.07, 6.45) is 8.48. The van der Waals surface area contributed by atoms with Crippen LogP contribution in [0.2, 0.25) is 0 Å². The molecule has 0 aromatic heterocycles. The van der Waals surface area contributed by atoms with Crippen molar-refractivity contribution in [1.29, 1.82) is 0 Å². The fourth-order valence-electron chi connectivity index (χ4n) is 6.91. The molecule has 2 saturated carbocycles. The van der Waals surface area contributed by atoms with Crippen LogP contribution in [-0.2, 0) is 0 Å². The molecule has 0 aliphatic heterocycles. The molecule has 0 heterocycles. The normalized spacial score (nSPS) is 23.3. The Morgan fingerprint density at radius 2 is 0.667 bits per heavy atom. The van der Waals surface area contributed by atoms with Gasteiger partial charge in [0.05, 0.1) is 0 Å². The van der Waals surface area contributed by atoms with Crippen molar-refractivity contribution >= 4 is 37.1 Å². The second-order valence-corrected chi connectivity index (χ2v) is 15.1. The lowest BCUT2D eigenvalue weighted by Gasteiger charge is -2.28. The first-order chi connectivity index (χ1) is 17.9. The molecular weight excluding hydrogens is 470 g/mol. The number of benzene rings is 4. The number of fused-ring (bicyclic) bond motifs is 1. The van der Waals surface area contributed by atoms with E-state index in [4.69, 9.17) is 0 Å². The molecule has 4 atom stereocenters. The zero-order valence-electron chi connectivity index (χ0n) is 21.0. The summed E-state index contributed by atoms with van der Waals surface area (Å²) >= 11 is 0. The topological polar surface area (TPSA) is 0 Å². The van der Waals surface area contributed by atoms with Crippen LogP contribution in [0, 0.1) is 23.7 Å². The van der Waals surface area contributed by atoms with Crippen LogP contribution < -0.4 is 21.2 Å². The van der Waals surface area contributed by atoms with Crippen LogP contribution in [0.4, 0.5) is 0 Å². The Labute approximate surface area is 219 Å². The molecule has 2 aliphatic rings. The molecule has 2 aliphatic carbocycles. The zero-order valence-corrected chi connectivity index (χ0v) is 22.8. The van der Waals surface area contributed by atoms with Crippen molar-refractivity contribution in [2.45, 2.75) is 25.7 Å². The van der Waals surface area contributed by atoms with Gasteiger partial charge in [0.1, 0.15) is 0 Å². The van der Waals surface area contributed by atoms with Gasteiger partial charge in [0.2, 0.25) is 0 Å². The van der Waals surface area contributed by atoms with Gasteiger partial charge >= 0.3 is 0 Å². The predicted octanol–water partition coefficient (Wildman–Crippen LogP) is 7.30. The van der Waals surface area contributed by atoms with Gasteiger partial charge in [0.25, 0.3) is 0 Å². The molecule has 4 aromatic carbocycles. The Kier molecular flexibility index (Phi) is 7.65. The third-order valence-electron chi connectivity index (χ3n) is 8.61. The lowest BCUT2D eigenvalue weighted by atomic mass is 9.90. The summed E-state index contributed by atoms with van der Waals surface area (Å²) in [7, 11) is -0.569. The van der Waals surface area contributed by atoms with Crippen LogP contribution in [0.1, 0.15) is 25.7 Å². The molecule has 2 fully saturated rings. The van der Waals surface area contributed by atoms with Crippen LogP contribution >= 0.6 is 15.8 Å². The number of rotatable bonds is 8. The maximum atomic E-state index is 2.37. The SMILES string of the molecule is c1ccc(P(CC2CCC3C(CP(c4ccccc4)c4ccccc4)CCC23)c2ccccc2)cc1. The van der Waals surface area contributed by atoms with Crippen molar-refractivity contribution in [2.75, 3.05) is 12.3 Å². The first-order valence-corrected chi connectivity index (χ1v) is 16.7. The summed E-state index contributed by atoms with van der Waals surface area (Å²) in [6.45, 7) is 0. The molecule has 0 spiro atoms. The molecule has 0 N–H and O–H groups in total. The van der Waals surface area contributed by atoms with Gasteiger partial charge in [-0.3, -0.25) is 0 Å². The van der Waals surface area contributed by atoms with E-state index in [1.807, 2.05) is 0 Å². The molecule has 36 heavy (non-hydrogen) atoms. The monoisotopic (exact) mass is 506 g/mol. The average Bonchev–Trinajstić information content (AvgIpc) is 3.55. The summed E-state index contributed by atoms with van der Waals surface area (Å²) in [5, 5.41) is 6.20. The van der Waals surface area contributed by atoms with E-state index in [-0.39, 0.29) is 15.8 Å². The van der Waals surface area contributed by atoms with E-state index in [1.54, 1.807) is 21.2 Å². The fourth-order valence-corrected chi connectivity index (χ4v) is 12.3. The van der Waals surface area contributed by atoms with Gasteiger partial charge in [-0.15, -0.1) is 0 Å². The Bertz CT molecular complexity index is 1030. The first kappa shape index (κ1) is 24.1. The minimum absolute atomic E-state index is 0.285. The van der Waals surface area contributed by atoms with Crippen molar-refractivity contribution in [3.05, 3.63) is 121 Å². The third-order valence-corrected chi connectivity index (χ3v) is 14.0. The first-order valence-electron chi connectivity index (χ1n) is 13.6. The third kappa shape index (κ3) is 5.23. The van der Waals surface area contributed by atoms with Crippen molar-refractivity contribution in [3.8, 4) is 0 Å². The molecule has 6 rings (SSSR count). The second-order valence-electron chi connectivity index (χ2n) is 10.6. The van der Waals surface area contributed by atoms with E-state index in [0.29, 0.717) is 0 Å². The van der Waals surface area contributed by atoms with Crippen molar-refractivity contribution in [2.24, 2.45) is 23.7 Å². The van der Waals surface area contributed by atoms with Gasteiger partial charge in [0, 0.05) is 0 Å². The smallest absolute Gasteiger partial charge is 0.0195 e. The van der Waals surface area contributed by atoms with Crippen LogP contribution in [-0.4, -0.2) is 12.3 Å². The van der Waals surface area contributed by atoms with Gasteiger partial charge < -0.3 is 0 Å². The van der Waals surface area contributed by atoms with Crippen molar-refractivity contribution < 1.29 is 0 Å². The van der Waals surface area contributed by atoms with Crippen molar-refractivity contribution in [3.63, 3.8) is 0 Å². The second kappa shape index (κ2) is 11.4. The van der Waals surface area contributed by atoms with Gasteiger partial charge in [-0.2, -0.15) is 0 Å². The van der Waals surface area contributed by atoms with Crippen LogP contribution in [0.5, 0.6) is 0 Å². The molecule has 0 bridgehead atoms. The molecule has 0 amide bonds. The molecule has 0 radical (unpaired) electrons. The highest BCUT2D eigenvalue weighted by Crippen LogP contribution is 2.56. The quantitative estimate of drug-likeness (QED) is 0.220. The Morgan fingerprint density at radius 3 is 0.944 bits per heavy atom. The Balaban J connectivity index is 1.20. The van der Waals surface area contributed by atoms with Crippen LogP contribution in [0.25, 0.3) is 0 Å². The highest BCUT2D eigenvalue weighted by Gasteiger charge is 2.45. The molecule has 2 heteroatoms. The summed E-state index contributed by atoms with van der Waals surface area (Å²) in [4.78, 5) is 0. The van der Waals surface area contributed by atoms with Crippen LogP contribution in [0.3, 0.4) is 0 Å². The maximum absolute atomic E-state index is 2.37. The summed E-state index contributed by atoms with van der Waals surface area (Å²) in [5.41, 5.74) is 0. The molecule has 4 unspecified atom stereocenters. The molecular formula is C34H36P2. The predicted molar refractivity (Wildman–Crippen MR) is 160 cm³/mol. The summed E-state index contributed by atoms with van der Waals surface area (Å²) < 4.78 is 0. The molecule has 0 nitrogen and oxygen atoms in total. The lowest BCUT2D eigenvalue weighted by Crippen LogP contribution is -2.23. The van der Waals surface area contributed by atoms with E-state index in [1.165, 1.54) is 38.0 Å². The minimum atomic E-state index is -0.285. The average molecular weight is 507 g/mol.